The molecule has 3 heterocycles. The predicted octanol–water partition coefficient (Wildman–Crippen LogP) is 4.68. The highest BCUT2D eigenvalue weighted by Gasteiger charge is 2.58. The van der Waals surface area contributed by atoms with Gasteiger partial charge in [-0.2, -0.15) is 13.2 Å². The van der Waals surface area contributed by atoms with Crippen molar-refractivity contribution in [2.45, 2.75) is 45.5 Å². The number of nitrogens with zero attached hydrogens (tertiary/aromatic N) is 1. The molecular formula is C22H22F3NO5S. The van der Waals surface area contributed by atoms with Gasteiger partial charge in [-0.3, -0.25) is 9.59 Å². The van der Waals surface area contributed by atoms with Crippen molar-refractivity contribution in [3.8, 4) is 0 Å². The zero-order valence-corrected chi connectivity index (χ0v) is 18.5. The number of esters is 1. The quantitative estimate of drug-likeness (QED) is 0.383. The first-order valence-electron chi connectivity index (χ1n) is 9.66. The number of Topliss-reactive ketones (excluding diaryl/α,β-unsaturated/α-hetero) is 1. The van der Waals surface area contributed by atoms with Crippen molar-refractivity contribution in [1.82, 2.24) is 4.57 Å². The van der Waals surface area contributed by atoms with E-state index in [1.54, 1.807) is 24.3 Å². The van der Waals surface area contributed by atoms with Gasteiger partial charge in [-0.05, 0) is 50.4 Å². The highest BCUT2D eigenvalue weighted by atomic mass is 32.1. The summed E-state index contributed by atoms with van der Waals surface area (Å²) in [5.74, 6) is -2.60. The van der Waals surface area contributed by atoms with Crippen LogP contribution in [0.2, 0.25) is 0 Å². The molecule has 1 atom stereocenters. The van der Waals surface area contributed by atoms with Crippen LogP contribution in [0.1, 0.15) is 44.6 Å². The number of halogens is 3. The molecule has 0 saturated carbocycles. The number of ether oxygens (including phenoxy) is 1. The number of ketones is 1. The third kappa shape index (κ3) is 4.81. The van der Waals surface area contributed by atoms with Gasteiger partial charge in [0.15, 0.2) is 6.61 Å². The van der Waals surface area contributed by atoms with Crippen molar-refractivity contribution < 1.29 is 37.0 Å². The monoisotopic (exact) mass is 469 g/mol. The number of aliphatic hydroxyl groups is 1. The molecule has 6 nitrogen and oxygen atoms in total. The number of thiophene rings is 1. The SMILES string of the molecule is Cc1ccc(C(O)(CC(=O)OCC(=O)c2cc(C)n(Cc3cccs3)c2C)C(F)(F)F)o1. The van der Waals surface area contributed by atoms with E-state index in [1.807, 2.05) is 29.0 Å². The number of aromatic nitrogens is 1. The van der Waals surface area contributed by atoms with E-state index in [1.165, 1.54) is 13.0 Å². The number of alkyl halides is 3. The minimum Gasteiger partial charge on any atom is -0.463 e. The van der Waals surface area contributed by atoms with Crippen LogP contribution in [0.3, 0.4) is 0 Å². The summed E-state index contributed by atoms with van der Waals surface area (Å²) < 4.78 is 52.1. The fraction of sp³-hybridized carbons (Fsp3) is 0.364. The van der Waals surface area contributed by atoms with E-state index in [-0.39, 0.29) is 5.76 Å². The molecule has 3 aromatic rings. The van der Waals surface area contributed by atoms with Crippen molar-refractivity contribution >= 4 is 23.1 Å². The molecule has 0 fully saturated rings. The predicted molar refractivity (Wildman–Crippen MR) is 111 cm³/mol. The summed E-state index contributed by atoms with van der Waals surface area (Å²) in [5.41, 5.74) is -1.75. The van der Waals surface area contributed by atoms with Crippen LogP contribution in [-0.4, -0.2) is 34.2 Å². The number of furan rings is 1. The molecule has 0 aliphatic heterocycles. The minimum atomic E-state index is -5.19. The highest BCUT2D eigenvalue weighted by Crippen LogP contribution is 2.42. The zero-order chi connectivity index (χ0) is 23.7. The van der Waals surface area contributed by atoms with Gasteiger partial charge in [0.25, 0.3) is 0 Å². The van der Waals surface area contributed by atoms with Crippen LogP contribution < -0.4 is 0 Å². The van der Waals surface area contributed by atoms with Gasteiger partial charge in [-0.1, -0.05) is 6.07 Å². The second-order valence-corrected chi connectivity index (χ2v) is 8.51. The molecule has 172 valence electrons. The number of carbonyl (C=O) groups is 2. The van der Waals surface area contributed by atoms with Gasteiger partial charge >= 0.3 is 12.1 Å². The first-order valence-corrected chi connectivity index (χ1v) is 10.5. The Morgan fingerprint density at radius 3 is 2.47 bits per heavy atom. The van der Waals surface area contributed by atoms with Crippen LogP contribution in [0, 0.1) is 20.8 Å². The first kappa shape index (κ1) is 23.8. The van der Waals surface area contributed by atoms with E-state index in [0.717, 1.165) is 16.6 Å². The fourth-order valence-electron chi connectivity index (χ4n) is 3.35. The van der Waals surface area contributed by atoms with Crippen LogP contribution >= 0.6 is 11.3 Å². The molecule has 3 rings (SSSR count). The van der Waals surface area contributed by atoms with Gasteiger partial charge in [0.2, 0.25) is 11.4 Å². The van der Waals surface area contributed by atoms with E-state index in [9.17, 15) is 27.9 Å². The molecule has 0 amide bonds. The maximum atomic E-state index is 13.5. The van der Waals surface area contributed by atoms with Crippen LogP contribution in [0.5, 0.6) is 0 Å². The van der Waals surface area contributed by atoms with E-state index in [4.69, 9.17) is 9.15 Å². The molecule has 0 aromatic carbocycles. The number of hydrogen-bond donors (Lipinski definition) is 1. The Kier molecular flexibility index (Phi) is 6.66. The molecule has 0 aliphatic rings. The van der Waals surface area contributed by atoms with Crippen LogP contribution in [0.4, 0.5) is 13.2 Å². The van der Waals surface area contributed by atoms with Gasteiger partial charge in [0.05, 0.1) is 13.0 Å². The Balaban J connectivity index is 1.68. The molecule has 1 unspecified atom stereocenters. The summed E-state index contributed by atoms with van der Waals surface area (Å²) in [6.07, 6.45) is -6.62. The summed E-state index contributed by atoms with van der Waals surface area (Å²) in [5, 5.41) is 12.1. The molecular weight excluding hydrogens is 447 g/mol. The molecule has 0 aliphatic carbocycles. The second-order valence-electron chi connectivity index (χ2n) is 7.48. The van der Waals surface area contributed by atoms with E-state index < -0.39 is 42.3 Å². The van der Waals surface area contributed by atoms with Gasteiger partial charge in [-0.25, -0.2) is 0 Å². The minimum absolute atomic E-state index is 0.143. The third-order valence-electron chi connectivity index (χ3n) is 5.15. The smallest absolute Gasteiger partial charge is 0.425 e. The third-order valence-corrected chi connectivity index (χ3v) is 6.01. The topological polar surface area (TPSA) is 81.7 Å². The molecule has 0 bridgehead atoms. The lowest BCUT2D eigenvalue weighted by molar-refractivity contribution is -0.275. The average Bonchev–Trinajstić information content (AvgIpc) is 3.43. The summed E-state index contributed by atoms with van der Waals surface area (Å²) in [6.45, 7) is 4.82. The lowest BCUT2D eigenvalue weighted by atomic mass is 9.96. The molecule has 32 heavy (non-hydrogen) atoms. The summed E-state index contributed by atoms with van der Waals surface area (Å²) in [6, 6.07) is 7.73. The number of hydrogen-bond acceptors (Lipinski definition) is 6. The number of rotatable bonds is 8. The van der Waals surface area contributed by atoms with E-state index in [0.29, 0.717) is 17.8 Å². The largest absolute Gasteiger partial charge is 0.463 e. The van der Waals surface area contributed by atoms with Crippen molar-refractivity contribution in [2.24, 2.45) is 0 Å². The first-order chi connectivity index (χ1) is 14.9. The lowest BCUT2D eigenvalue weighted by Gasteiger charge is -2.27. The Bertz CT molecular complexity index is 1110. The summed E-state index contributed by atoms with van der Waals surface area (Å²) >= 11 is 1.58. The lowest BCUT2D eigenvalue weighted by Crippen LogP contribution is -2.44. The Morgan fingerprint density at radius 2 is 1.91 bits per heavy atom. The Hall–Kier alpha value is -2.85. The van der Waals surface area contributed by atoms with Gasteiger partial charge in [0, 0.05) is 21.8 Å². The average molecular weight is 469 g/mol. The maximum absolute atomic E-state index is 13.5. The number of carbonyl (C=O) groups excluding carboxylic acids is 2. The highest BCUT2D eigenvalue weighted by molar-refractivity contribution is 7.09. The molecule has 10 heteroatoms. The summed E-state index contributed by atoms with van der Waals surface area (Å²) in [4.78, 5) is 25.8. The fourth-order valence-corrected chi connectivity index (χ4v) is 4.05. The van der Waals surface area contributed by atoms with Crippen molar-refractivity contribution in [1.29, 1.82) is 0 Å². The Morgan fingerprint density at radius 1 is 1.19 bits per heavy atom. The van der Waals surface area contributed by atoms with Gasteiger partial charge in [-0.15, -0.1) is 11.3 Å². The standard InChI is InChI=1S/C22H22F3NO5S/c1-13-9-17(15(3)26(13)11-16-5-4-8-32-16)18(27)12-30-20(28)10-21(29,22(23,24)25)19-7-6-14(2)31-19/h4-9,29H,10-12H2,1-3H3. The summed E-state index contributed by atoms with van der Waals surface area (Å²) in [7, 11) is 0. The molecule has 1 N–H and O–H groups in total. The zero-order valence-electron chi connectivity index (χ0n) is 17.7. The number of aryl methyl sites for hydroxylation is 2. The van der Waals surface area contributed by atoms with Crippen molar-refractivity contribution in [3.63, 3.8) is 0 Å². The Labute approximate surface area is 186 Å². The molecule has 0 radical (unpaired) electrons. The van der Waals surface area contributed by atoms with E-state index >= 15 is 0 Å². The maximum Gasteiger partial charge on any atom is 0.425 e. The normalized spacial score (nSPS) is 13.7. The van der Waals surface area contributed by atoms with Crippen LogP contribution in [0.25, 0.3) is 0 Å². The van der Waals surface area contributed by atoms with Crippen molar-refractivity contribution in [2.75, 3.05) is 6.61 Å². The van der Waals surface area contributed by atoms with Crippen LogP contribution in [0.15, 0.2) is 40.1 Å². The van der Waals surface area contributed by atoms with Gasteiger partial charge < -0.3 is 18.8 Å². The molecule has 3 aromatic heterocycles. The molecule has 0 saturated heterocycles. The van der Waals surface area contributed by atoms with Crippen LogP contribution in [-0.2, 0) is 21.7 Å². The molecule has 0 spiro atoms. The second kappa shape index (κ2) is 8.95. The van der Waals surface area contributed by atoms with Gasteiger partial charge in [0.1, 0.15) is 11.5 Å². The van der Waals surface area contributed by atoms with E-state index in [2.05, 4.69) is 0 Å². The van der Waals surface area contributed by atoms with Crippen molar-refractivity contribution in [3.05, 3.63) is 69.1 Å².